The molecule has 6 nitrogen and oxygen atoms in total. The van der Waals surface area contributed by atoms with Crippen LogP contribution in [0.25, 0.3) is 6.08 Å². The van der Waals surface area contributed by atoms with Gasteiger partial charge in [0.2, 0.25) is 0 Å². The van der Waals surface area contributed by atoms with E-state index in [9.17, 15) is 4.79 Å². The van der Waals surface area contributed by atoms with E-state index in [2.05, 4.69) is 9.97 Å². The van der Waals surface area contributed by atoms with Crippen LogP contribution >= 0.6 is 11.8 Å². The minimum atomic E-state index is -0.561. The summed E-state index contributed by atoms with van der Waals surface area (Å²) in [5.41, 5.74) is 5.87. The lowest BCUT2D eigenvalue weighted by atomic mass is 9.77. The van der Waals surface area contributed by atoms with Crippen molar-refractivity contribution in [1.82, 2.24) is 9.97 Å². The lowest BCUT2D eigenvalue weighted by molar-refractivity contribution is 0.00578. The molecule has 2 heterocycles. The number of H-pyrrole nitrogens is 1. The van der Waals surface area contributed by atoms with Crippen LogP contribution in [0.4, 0.5) is 0 Å². The maximum absolute atomic E-state index is 12.0. The van der Waals surface area contributed by atoms with E-state index in [1.807, 2.05) is 34.0 Å². The van der Waals surface area contributed by atoms with E-state index in [0.29, 0.717) is 16.2 Å². The molecular weight excluding hydrogens is 301 g/mol. The molecule has 1 aliphatic heterocycles. The third-order valence-electron chi connectivity index (χ3n) is 4.13. The van der Waals surface area contributed by atoms with Gasteiger partial charge < -0.3 is 20.0 Å². The van der Waals surface area contributed by atoms with Crippen molar-refractivity contribution in [2.45, 2.75) is 44.1 Å². The van der Waals surface area contributed by atoms with Crippen molar-refractivity contribution < 1.29 is 9.31 Å². The highest BCUT2D eigenvalue weighted by molar-refractivity contribution is 7.98. The van der Waals surface area contributed by atoms with Crippen LogP contribution in [0, 0.1) is 0 Å². The summed E-state index contributed by atoms with van der Waals surface area (Å²) < 4.78 is 11.9. The first kappa shape index (κ1) is 17.3. The molecule has 0 aromatic carbocycles. The second-order valence-electron chi connectivity index (χ2n) is 6.19. The maximum Gasteiger partial charge on any atom is 0.491 e. The summed E-state index contributed by atoms with van der Waals surface area (Å²) in [5.74, 6) is 0. The van der Waals surface area contributed by atoms with Gasteiger partial charge in [-0.3, -0.25) is 4.79 Å². The predicted molar refractivity (Wildman–Crippen MR) is 89.8 cm³/mol. The molecule has 0 spiro atoms. The number of nitrogens with zero attached hydrogens (tertiary/aromatic N) is 1. The SMILES string of the molecule is CSc1ncc(C=C(CN)B2OC(C)(C)C(C)(C)O2)c(=O)[nH]1. The highest BCUT2D eigenvalue weighted by atomic mass is 32.2. The first-order valence-electron chi connectivity index (χ1n) is 7.09. The fourth-order valence-corrected chi connectivity index (χ4v) is 2.37. The second-order valence-corrected chi connectivity index (χ2v) is 6.98. The van der Waals surface area contributed by atoms with Gasteiger partial charge in [0.05, 0.1) is 16.8 Å². The van der Waals surface area contributed by atoms with Gasteiger partial charge in [0.25, 0.3) is 5.56 Å². The minimum Gasteiger partial charge on any atom is -0.400 e. The molecule has 1 aliphatic rings. The molecule has 1 saturated heterocycles. The number of rotatable bonds is 4. The Kier molecular flexibility index (Phi) is 4.86. The molecule has 0 unspecified atom stereocenters. The molecule has 0 amide bonds. The largest absolute Gasteiger partial charge is 0.491 e. The lowest BCUT2D eigenvalue weighted by Gasteiger charge is -2.32. The van der Waals surface area contributed by atoms with Crippen molar-refractivity contribution in [3.05, 3.63) is 27.6 Å². The zero-order chi connectivity index (χ0) is 16.5. The van der Waals surface area contributed by atoms with Gasteiger partial charge in [-0.1, -0.05) is 17.8 Å². The summed E-state index contributed by atoms with van der Waals surface area (Å²) in [6.45, 7) is 8.14. The Hall–Kier alpha value is -1.09. The number of hydrogen-bond acceptors (Lipinski definition) is 6. The van der Waals surface area contributed by atoms with Gasteiger partial charge in [-0.2, -0.15) is 0 Å². The van der Waals surface area contributed by atoms with Gasteiger partial charge >= 0.3 is 7.12 Å². The summed E-state index contributed by atoms with van der Waals surface area (Å²) in [7, 11) is -0.561. The van der Waals surface area contributed by atoms with Gasteiger partial charge in [-0.15, -0.1) is 0 Å². The molecule has 3 N–H and O–H groups in total. The average Bonchev–Trinajstić information content (AvgIpc) is 2.65. The minimum absolute atomic E-state index is 0.207. The Labute approximate surface area is 135 Å². The zero-order valence-corrected chi connectivity index (χ0v) is 14.4. The molecule has 2 rings (SSSR count). The van der Waals surface area contributed by atoms with E-state index >= 15 is 0 Å². The number of aromatic amines is 1. The summed E-state index contributed by atoms with van der Waals surface area (Å²) in [5, 5.41) is 0.576. The van der Waals surface area contributed by atoms with Crippen LogP contribution in [0.2, 0.25) is 0 Å². The van der Waals surface area contributed by atoms with Crippen molar-refractivity contribution in [1.29, 1.82) is 0 Å². The maximum atomic E-state index is 12.0. The van der Waals surface area contributed by atoms with E-state index < -0.39 is 18.3 Å². The number of nitrogens with one attached hydrogen (secondary N) is 1. The monoisotopic (exact) mass is 323 g/mol. The van der Waals surface area contributed by atoms with Gasteiger partial charge in [-0.05, 0) is 39.4 Å². The summed E-state index contributed by atoms with van der Waals surface area (Å²) in [6, 6.07) is 0. The quantitative estimate of drug-likeness (QED) is 0.495. The highest BCUT2D eigenvalue weighted by Gasteiger charge is 2.52. The fourth-order valence-electron chi connectivity index (χ4n) is 2.01. The summed E-state index contributed by atoms with van der Waals surface area (Å²) in [4.78, 5) is 18.9. The molecule has 1 aromatic heterocycles. The molecule has 0 aliphatic carbocycles. The summed E-state index contributed by atoms with van der Waals surface area (Å²) in [6.07, 6.45) is 5.08. The topological polar surface area (TPSA) is 90.2 Å². The van der Waals surface area contributed by atoms with Crippen molar-refractivity contribution >= 4 is 25.0 Å². The van der Waals surface area contributed by atoms with Gasteiger partial charge in [0.15, 0.2) is 5.16 Å². The molecule has 22 heavy (non-hydrogen) atoms. The van der Waals surface area contributed by atoms with Gasteiger partial charge in [0.1, 0.15) is 0 Å². The van der Waals surface area contributed by atoms with E-state index in [4.69, 9.17) is 15.0 Å². The molecule has 1 fully saturated rings. The Bertz CT molecular complexity index is 626. The van der Waals surface area contributed by atoms with Crippen LogP contribution < -0.4 is 11.3 Å². The van der Waals surface area contributed by atoms with Gasteiger partial charge in [-0.25, -0.2) is 4.98 Å². The average molecular weight is 323 g/mol. The molecule has 0 bridgehead atoms. The standard InChI is InChI=1S/C14H22BN3O3S/c1-13(2)14(3,4)21-15(20-13)10(7-16)6-9-8-17-12(22-5)18-11(9)19/h6,8H,7,16H2,1-5H3,(H,17,18,19). The number of aromatic nitrogens is 2. The van der Waals surface area contributed by atoms with Crippen LogP contribution in [-0.4, -0.2) is 41.1 Å². The van der Waals surface area contributed by atoms with Crippen molar-refractivity contribution in [3.63, 3.8) is 0 Å². The number of nitrogens with two attached hydrogens (primary N) is 1. The normalized spacial score (nSPS) is 20.5. The smallest absolute Gasteiger partial charge is 0.400 e. The summed E-state index contributed by atoms with van der Waals surface area (Å²) >= 11 is 1.38. The molecule has 0 radical (unpaired) electrons. The van der Waals surface area contributed by atoms with Crippen molar-refractivity contribution in [2.24, 2.45) is 5.73 Å². The molecular formula is C14H22BN3O3S. The number of thioether (sulfide) groups is 1. The third-order valence-corrected chi connectivity index (χ3v) is 4.72. The first-order chi connectivity index (χ1) is 10.2. The van der Waals surface area contributed by atoms with Crippen molar-refractivity contribution in [3.8, 4) is 0 Å². The van der Waals surface area contributed by atoms with Crippen LogP contribution in [-0.2, 0) is 9.31 Å². The molecule has 120 valence electrons. The van der Waals surface area contributed by atoms with Gasteiger partial charge in [0, 0.05) is 12.7 Å². The molecule has 1 aromatic rings. The van der Waals surface area contributed by atoms with Crippen LogP contribution in [0.15, 0.2) is 21.6 Å². The van der Waals surface area contributed by atoms with E-state index in [1.165, 1.54) is 18.0 Å². The molecule has 0 saturated carbocycles. The molecule has 0 atom stereocenters. The molecule has 8 heteroatoms. The van der Waals surface area contributed by atoms with E-state index in [0.717, 1.165) is 0 Å². The lowest BCUT2D eigenvalue weighted by Crippen LogP contribution is -2.41. The number of hydrogen-bond donors (Lipinski definition) is 2. The van der Waals surface area contributed by atoms with Crippen LogP contribution in [0.3, 0.4) is 0 Å². The fraction of sp³-hybridized carbons (Fsp3) is 0.571. The van der Waals surface area contributed by atoms with E-state index in [1.54, 1.807) is 6.08 Å². The Morgan fingerprint density at radius 1 is 1.41 bits per heavy atom. The van der Waals surface area contributed by atoms with E-state index in [-0.39, 0.29) is 12.1 Å². The third kappa shape index (κ3) is 3.30. The van der Waals surface area contributed by atoms with Crippen LogP contribution in [0.1, 0.15) is 33.3 Å². The zero-order valence-electron chi connectivity index (χ0n) is 13.6. The Balaban J connectivity index is 2.32. The Morgan fingerprint density at radius 2 is 2.00 bits per heavy atom. The predicted octanol–water partition coefficient (Wildman–Crippen LogP) is 1.47. The van der Waals surface area contributed by atoms with Crippen LogP contribution in [0.5, 0.6) is 0 Å². The first-order valence-corrected chi connectivity index (χ1v) is 8.32. The second kappa shape index (κ2) is 6.19. The highest BCUT2D eigenvalue weighted by Crippen LogP contribution is 2.38. The van der Waals surface area contributed by atoms with Crippen molar-refractivity contribution in [2.75, 3.05) is 12.8 Å². The Morgan fingerprint density at radius 3 is 2.45 bits per heavy atom.